The second-order valence-corrected chi connectivity index (χ2v) is 7.03. The summed E-state index contributed by atoms with van der Waals surface area (Å²) >= 11 is 0. The molecule has 1 aromatic carbocycles. The number of hydrogen-bond acceptors (Lipinski definition) is 4. The number of hydrogen-bond donors (Lipinski definition) is 2. The second kappa shape index (κ2) is 8.14. The number of carbonyl (C=O) groups excluding carboxylic acids is 1. The van der Waals surface area contributed by atoms with Crippen LogP contribution in [0.15, 0.2) is 30.3 Å². The number of nitrogens with zero attached hydrogens (tertiary/aromatic N) is 2. The van der Waals surface area contributed by atoms with Crippen LogP contribution in [0.4, 0.5) is 0 Å². The van der Waals surface area contributed by atoms with Crippen molar-refractivity contribution < 1.29 is 9.82 Å². The molecule has 2 aliphatic rings. The summed E-state index contributed by atoms with van der Waals surface area (Å²) in [6, 6.07) is 10.5. The number of nitrogens with one attached hydrogen (secondary N) is 1. The van der Waals surface area contributed by atoms with Crippen molar-refractivity contribution in [2.24, 2.45) is 5.92 Å². The molecule has 0 saturated carbocycles. The van der Waals surface area contributed by atoms with Crippen LogP contribution in [0.2, 0.25) is 6.82 Å². The lowest BCUT2D eigenvalue weighted by Gasteiger charge is -2.38. The molecular weight excluding hydrogens is 301 g/mol. The number of piperidine rings is 1. The Labute approximate surface area is 145 Å². The van der Waals surface area contributed by atoms with Crippen LogP contribution in [-0.2, 0) is 4.79 Å². The molecule has 3 rings (SSSR count). The van der Waals surface area contributed by atoms with E-state index in [4.69, 9.17) is 0 Å². The SMILES string of the molecule is CB(O)N1CCC(CC(=O)N2CCNC[C@@H]2c2ccccc2)CC1. The maximum absolute atomic E-state index is 12.9. The highest BCUT2D eigenvalue weighted by Gasteiger charge is 2.31. The Kier molecular flexibility index (Phi) is 5.92. The lowest BCUT2D eigenvalue weighted by atomic mass is 9.80. The van der Waals surface area contributed by atoms with Crippen molar-refractivity contribution in [3.05, 3.63) is 35.9 Å². The summed E-state index contributed by atoms with van der Waals surface area (Å²) in [4.78, 5) is 17.0. The Hall–Kier alpha value is -1.37. The molecule has 5 nitrogen and oxygen atoms in total. The molecule has 2 heterocycles. The van der Waals surface area contributed by atoms with E-state index in [1.807, 2.05) is 25.0 Å². The van der Waals surface area contributed by atoms with E-state index in [9.17, 15) is 9.82 Å². The molecule has 0 aromatic heterocycles. The molecule has 1 amide bonds. The van der Waals surface area contributed by atoms with E-state index in [1.165, 1.54) is 5.56 Å². The predicted molar refractivity (Wildman–Crippen MR) is 96.5 cm³/mol. The van der Waals surface area contributed by atoms with Crippen LogP contribution < -0.4 is 5.32 Å². The summed E-state index contributed by atoms with van der Waals surface area (Å²) in [5.41, 5.74) is 1.21. The van der Waals surface area contributed by atoms with Crippen LogP contribution in [0.5, 0.6) is 0 Å². The first-order valence-corrected chi connectivity index (χ1v) is 9.12. The van der Waals surface area contributed by atoms with Gasteiger partial charge in [0.15, 0.2) is 0 Å². The largest absolute Gasteiger partial charge is 0.437 e. The minimum atomic E-state index is -0.378. The molecule has 1 atom stereocenters. The fourth-order valence-electron chi connectivity index (χ4n) is 3.87. The molecule has 24 heavy (non-hydrogen) atoms. The molecule has 2 fully saturated rings. The van der Waals surface area contributed by atoms with Crippen molar-refractivity contribution in [2.75, 3.05) is 32.7 Å². The van der Waals surface area contributed by atoms with Gasteiger partial charge >= 0.3 is 7.05 Å². The lowest BCUT2D eigenvalue weighted by molar-refractivity contribution is -0.135. The Morgan fingerprint density at radius 1 is 1.25 bits per heavy atom. The van der Waals surface area contributed by atoms with Gasteiger partial charge in [-0.25, -0.2) is 0 Å². The van der Waals surface area contributed by atoms with Crippen LogP contribution >= 0.6 is 0 Å². The molecule has 0 bridgehead atoms. The third kappa shape index (κ3) is 4.18. The fraction of sp³-hybridized carbons (Fsp3) is 0.611. The standard InChI is InChI=1S/C18H28BN3O2/c1-19(24)21-10-7-15(8-11-21)13-18(23)22-12-9-20-14-17(22)16-5-3-2-4-6-16/h2-6,15,17,20,24H,7-14H2,1H3/t17-/m1/s1. The molecule has 2 saturated heterocycles. The topological polar surface area (TPSA) is 55.8 Å². The minimum absolute atomic E-state index is 0.144. The second-order valence-electron chi connectivity index (χ2n) is 7.03. The van der Waals surface area contributed by atoms with Crippen LogP contribution in [0.25, 0.3) is 0 Å². The third-order valence-corrected chi connectivity index (χ3v) is 5.39. The molecule has 0 radical (unpaired) electrons. The van der Waals surface area contributed by atoms with Gasteiger partial charge < -0.3 is 20.1 Å². The van der Waals surface area contributed by atoms with Crippen LogP contribution in [0, 0.1) is 5.92 Å². The van der Waals surface area contributed by atoms with E-state index >= 15 is 0 Å². The van der Waals surface area contributed by atoms with Gasteiger partial charge in [0.05, 0.1) is 6.04 Å². The maximum atomic E-state index is 12.9. The highest BCUT2D eigenvalue weighted by molar-refractivity contribution is 6.45. The first-order chi connectivity index (χ1) is 11.6. The van der Waals surface area contributed by atoms with E-state index in [2.05, 4.69) is 27.2 Å². The molecule has 130 valence electrons. The molecule has 0 aliphatic carbocycles. The zero-order valence-corrected chi connectivity index (χ0v) is 14.5. The monoisotopic (exact) mass is 329 g/mol. The lowest BCUT2D eigenvalue weighted by Crippen LogP contribution is -2.49. The summed E-state index contributed by atoms with van der Waals surface area (Å²) in [7, 11) is -0.378. The van der Waals surface area contributed by atoms with Gasteiger partial charge in [-0.05, 0) is 44.2 Å². The zero-order valence-electron chi connectivity index (χ0n) is 14.5. The molecular formula is C18H28BN3O2. The van der Waals surface area contributed by atoms with Crippen LogP contribution in [0.3, 0.4) is 0 Å². The quantitative estimate of drug-likeness (QED) is 0.820. The summed E-state index contributed by atoms with van der Waals surface area (Å²) in [5.74, 6) is 0.722. The first kappa shape index (κ1) is 17.5. The average molecular weight is 329 g/mol. The number of rotatable bonds is 4. The highest BCUT2D eigenvalue weighted by Crippen LogP contribution is 2.26. The third-order valence-electron chi connectivity index (χ3n) is 5.39. The first-order valence-electron chi connectivity index (χ1n) is 9.12. The van der Waals surface area contributed by atoms with Gasteiger partial charge in [-0.1, -0.05) is 30.3 Å². The van der Waals surface area contributed by atoms with E-state index in [0.717, 1.165) is 45.6 Å². The Balaban J connectivity index is 1.59. The van der Waals surface area contributed by atoms with Gasteiger partial charge in [-0.3, -0.25) is 4.79 Å². The van der Waals surface area contributed by atoms with E-state index in [0.29, 0.717) is 12.3 Å². The zero-order chi connectivity index (χ0) is 16.9. The van der Waals surface area contributed by atoms with E-state index in [1.54, 1.807) is 0 Å². The smallest absolute Gasteiger partial charge is 0.376 e. The number of piperazine rings is 1. The van der Waals surface area contributed by atoms with E-state index in [-0.39, 0.29) is 19.0 Å². The van der Waals surface area contributed by atoms with Crippen LogP contribution in [-0.4, -0.2) is 60.4 Å². The summed E-state index contributed by atoms with van der Waals surface area (Å²) in [6.07, 6.45) is 2.63. The van der Waals surface area contributed by atoms with Gasteiger partial charge in [0.25, 0.3) is 0 Å². The normalized spacial score (nSPS) is 23.2. The molecule has 0 spiro atoms. The van der Waals surface area contributed by atoms with Crippen molar-refractivity contribution in [3.63, 3.8) is 0 Å². The van der Waals surface area contributed by atoms with Gasteiger partial charge in [0, 0.05) is 26.1 Å². The molecule has 1 aromatic rings. The Bertz CT molecular complexity index is 532. The van der Waals surface area contributed by atoms with Gasteiger partial charge in [0.2, 0.25) is 5.91 Å². The van der Waals surface area contributed by atoms with Crippen molar-refractivity contribution in [3.8, 4) is 0 Å². The van der Waals surface area contributed by atoms with E-state index < -0.39 is 0 Å². The Morgan fingerprint density at radius 2 is 1.96 bits per heavy atom. The van der Waals surface area contributed by atoms with Gasteiger partial charge in [-0.15, -0.1) is 0 Å². The molecule has 2 N–H and O–H groups in total. The molecule has 0 unspecified atom stereocenters. The van der Waals surface area contributed by atoms with Crippen molar-refractivity contribution >= 4 is 13.0 Å². The van der Waals surface area contributed by atoms with Gasteiger partial charge in [0.1, 0.15) is 0 Å². The average Bonchev–Trinajstić information content (AvgIpc) is 2.63. The van der Waals surface area contributed by atoms with Crippen molar-refractivity contribution in [1.82, 2.24) is 15.0 Å². The summed E-state index contributed by atoms with van der Waals surface area (Å²) in [6.45, 7) is 6.08. The van der Waals surface area contributed by atoms with Crippen molar-refractivity contribution in [2.45, 2.75) is 32.1 Å². The number of benzene rings is 1. The summed E-state index contributed by atoms with van der Waals surface area (Å²) in [5, 5.41) is 13.1. The van der Waals surface area contributed by atoms with Gasteiger partial charge in [-0.2, -0.15) is 0 Å². The molecule has 6 heteroatoms. The molecule has 2 aliphatic heterocycles. The van der Waals surface area contributed by atoms with Crippen molar-refractivity contribution in [1.29, 1.82) is 0 Å². The minimum Gasteiger partial charge on any atom is -0.437 e. The maximum Gasteiger partial charge on any atom is 0.376 e. The van der Waals surface area contributed by atoms with Crippen LogP contribution in [0.1, 0.15) is 30.9 Å². The highest BCUT2D eigenvalue weighted by atomic mass is 16.2. The number of carbonyl (C=O) groups is 1. The fourth-order valence-corrected chi connectivity index (χ4v) is 3.87. The Morgan fingerprint density at radius 3 is 2.62 bits per heavy atom. The summed E-state index contributed by atoms with van der Waals surface area (Å²) < 4.78 is 0. The predicted octanol–water partition coefficient (Wildman–Crippen LogP) is 1.37. The number of amides is 1.